The van der Waals surface area contributed by atoms with E-state index >= 15 is 0 Å². The van der Waals surface area contributed by atoms with Gasteiger partial charge in [0.2, 0.25) is 11.8 Å². The monoisotopic (exact) mass is 314 g/mol. The SMILES string of the molecule is O=C(NCCCN1C(=O)[C@@H]2[C@@H](C1=O)[C@H]1C=C[C@H]2C1)c1ccco1. The minimum Gasteiger partial charge on any atom is -0.459 e. The van der Waals surface area contributed by atoms with Crippen LogP contribution in [0.15, 0.2) is 35.0 Å². The Kier molecular flexibility index (Phi) is 3.32. The molecule has 1 saturated carbocycles. The van der Waals surface area contributed by atoms with Crippen LogP contribution in [0, 0.1) is 23.7 Å². The van der Waals surface area contributed by atoms with Gasteiger partial charge in [-0.1, -0.05) is 12.2 Å². The quantitative estimate of drug-likeness (QED) is 0.503. The van der Waals surface area contributed by atoms with Crippen LogP contribution in [-0.4, -0.2) is 35.7 Å². The van der Waals surface area contributed by atoms with Crippen molar-refractivity contribution in [1.29, 1.82) is 0 Å². The molecule has 0 aromatic carbocycles. The standard InChI is InChI=1S/C17H18N2O4/c20-15(12-3-1-8-23-12)18-6-2-7-19-16(21)13-10-4-5-11(9-10)14(13)17(19)22/h1,3-5,8,10-11,13-14H,2,6-7,9H2,(H,18,20)/t10-,11-,13-,14-/m0/s1. The highest BCUT2D eigenvalue weighted by Crippen LogP contribution is 2.52. The van der Waals surface area contributed by atoms with E-state index < -0.39 is 0 Å². The summed E-state index contributed by atoms with van der Waals surface area (Å²) in [7, 11) is 0. The van der Waals surface area contributed by atoms with Crippen LogP contribution in [0.1, 0.15) is 23.4 Å². The van der Waals surface area contributed by atoms with Gasteiger partial charge >= 0.3 is 0 Å². The highest BCUT2D eigenvalue weighted by molar-refractivity contribution is 6.06. The maximum absolute atomic E-state index is 12.5. The lowest BCUT2D eigenvalue weighted by atomic mass is 9.85. The Labute approximate surface area is 133 Å². The number of allylic oxidation sites excluding steroid dienone is 2. The summed E-state index contributed by atoms with van der Waals surface area (Å²) in [6, 6.07) is 3.24. The number of rotatable bonds is 5. The van der Waals surface area contributed by atoms with Crippen LogP contribution in [-0.2, 0) is 9.59 Å². The number of fused-ring (bicyclic) bond motifs is 5. The third-order valence-electron chi connectivity index (χ3n) is 5.15. The number of carbonyl (C=O) groups is 3. The molecule has 120 valence electrons. The first-order valence-corrected chi connectivity index (χ1v) is 8.02. The summed E-state index contributed by atoms with van der Waals surface area (Å²) in [4.78, 5) is 38.1. The predicted molar refractivity (Wildman–Crippen MR) is 80.1 cm³/mol. The molecule has 3 aliphatic rings. The van der Waals surface area contributed by atoms with Gasteiger partial charge in [0.1, 0.15) is 0 Å². The van der Waals surface area contributed by atoms with Gasteiger partial charge in [-0.05, 0) is 36.8 Å². The summed E-state index contributed by atoms with van der Waals surface area (Å²) >= 11 is 0. The van der Waals surface area contributed by atoms with Gasteiger partial charge in [0.05, 0.1) is 18.1 Å². The van der Waals surface area contributed by atoms with E-state index in [1.807, 2.05) is 0 Å². The van der Waals surface area contributed by atoms with Crippen LogP contribution >= 0.6 is 0 Å². The van der Waals surface area contributed by atoms with Gasteiger partial charge in [0.15, 0.2) is 5.76 Å². The molecule has 1 saturated heterocycles. The van der Waals surface area contributed by atoms with Gasteiger partial charge in [-0.2, -0.15) is 0 Å². The molecular formula is C17H18N2O4. The molecule has 1 aliphatic heterocycles. The average Bonchev–Trinajstić information content (AvgIpc) is 3.30. The number of imide groups is 1. The number of carbonyl (C=O) groups excluding carboxylic acids is 3. The highest BCUT2D eigenvalue weighted by atomic mass is 16.3. The minimum absolute atomic E-state index is 0.0331. The largest absolute Gasteiger partial charge is 0.459 e. The van der Waals surface area contributed by atoms with Crippen molar-refractivity contribution in [3.63, 3.8) is 0 Å². The highest BCUT2D eigenvalue weighted by Gasteiger charge is 2.58. The van der Waals surface area contributed by atoms with Crippen LogP contribution in [0.25, 0.3) is 0 Å². The number of likely N-dealkylation sites (tertiary alicyclic amines) is 1. The van der Waals surface area contributed by atoms with E-state index in [2.05, 4.69) is 17.5 Å². The summed E-state index contributed by atoms with van der Waals surface area (Å²) < 4.78 is 5.00. The molecule has 2 fully saturated rings. The molecule has 2 heterocycles. The van der Waals surface area contributed by atoms with Crippen LogP contribution in [0.4, 0.5) is 0 Å². The zero-order valence-corrected chi connectivity index (χ0v) is 12.6. The minimum atomic E-state index is -0.284. The summed E-state index contributed by atoms with van der Waals surface area (Å²) in [6.45, 7) is 0.763. The van der Waals surface area contributed by atoms with Crippen molar-refractivity contribution >= 4 is 17.7 Å². The average molecular weight is 314 g/mol. The van der Waals surface area contributed by atoms with Gasteiger partial charge in [-0.25, -0.2) is 0 Å². The van der Waals surface area contributed by atoms with Crippen LogP contribution < -0.4 is 5.32 Å². The summed E-state index contributed by atoms with van der Waals surface area (Å²) in [5.74, 6) is 0.104. The fourth-order valence-electron chi connectivity index (χ4n) is 4.12. The third-order valence-corrected chi connectivity index (χ3v) is 5.15. The van der Waals surface area contributed by atoms with E-state index in [1.54, 1.807) is 12.1 Å². The number of furan rings is 1. The molecule has 2 bridgehead atoms. The molecule has 3 amide bonds. The van der Waals surface area contributed by atoms with E-state index in [4.69, 9.17) is 4.42 Å². The first-order chi connectivity index (χ1) is 11.2. The molecule has 23 heavy (non-hydrogen) atoms. The van der Waals surface area contributed by atoms with Crippen molar-refractivity contribution < 1.29 is 18.8 Å². The zero-order chi connectivity index (χ0) is 16.0. The number of amides is 3. The molecular weight excluding hydrogens is 296 g/mol. The Bertz CT molecular complexity index is 649. The van der Waals surface area contributed by atoms with Crippen LogP contribution in [0.2, 0.25) is 0 Å². The molecule has 4 rings (SSSR count). The number of hydrogen-bond donors (Lipinski definition) is 1. The Balaban J connectivity index is 1.30. The molecule has 0 spiro atoms. The fourth-order valence-corrected chi connectivity index (χ4v) is 4.12. The lowest BCUT2D eigenvalue weighted by Crippen LogP contribution is -2.35. The summed E-state index contributed by atoms with van der Waals surface area (Å²) in [5.41, 5.74) is 0. The molecule has 6 heteroatoms. The molecule has 4 atom stereocenters. The van der Waals surface area contributed by atoms with Crippen molar-refractivity contribution in [2.24, 2.45) is 23.7 Å². The maximum Gasteiger partial charge on any atom is 0.286 e. The third kappa shape index (κ3) is 2.20. The Morgan fingerprint density at radius 2 is 1.91 bits per heavy atom. The van der Waals surface area contributed by atoms with Crippen molar-refractivity contribution in [3.8, 4) is 0 Å². The Morgan fingerprint density at radius 1 is 1.22 bits per heavy atom. The second-order valence-corrected chi connectivity index (χ2v) is 6.41. The number of hydrogen-bond acceptors (Lipinski definition) is 4. The Morgan fingerprint density at radius 3 is 2.52 bits per heavy atom. The summed E-state index contributed by atoms with van der Waals surface area (Å²) in [5, 5.41) is 2.72. The molecule has 1 aromatic heterocycles. The molecule has 1 aromatic rings. The number of nitrogens with zero attached hydrogens (tertiary/aromatic N) is 1. The first-order valence-electron chi connectivity index (χ1n) is 8.02. The lowest BCUT2D eigenvalue weighted by molar-refractivity contribution is -0.140. The molecule has 2 aliphatic carbocycles. The van der Waals surface area contributed by atoms with Gasteiger partial charge in [0.25, 0.3) is 5.91 Å². The maximum atomic E-state index is 12.5. The van der Waals surface area contributed by atoms with Crippen LogP contribution in [0.3, 0.4) is 0 Å². The second kappa shape index (κ2) is 5.37. The Hall–Kier alpha value is -2.37. The fraction of sp³-hybridized carbons (Fsp3) is 0.471. The van der Waals surface area contributed by atoms with Crippen molar-refractivity contribution in [3.05, 3.63) is 36.3 Å². The van der Waals surface area contributed by atoms with Crippen molar-refractivity contribution in [2.75, 3.05) is 13.1 Å². The summed E-state index contributed by atoms with van der Waals surface area (Å²) in [6.07, 6.45) is 7.11. The molecule has 0 radical (unpaired) electrons. The molecule has 6 nitrogen and oxygen atoms in total. The van der Waals surface area contributed by atoms with E-state index in [9.17, 15) is 14.4 Å². The van der Waals surface area contributed by atoms with Gasteiger partial charge in [0, 0.05) is 13.1 Å². The van der Waals surface area contributed by atoms with Crippen molar-refractivity contribution in [1.82, 2.24) is 10.2 Å². The van der Waals surface area contributed by atoms with Crippen LogP contribution in [0.5, 0.6) is 0 Å². The topological polar surface area (TPSA) is 79.6 Å². The first kappa shape index (κ1) is 14.2. The molecule has 1 N–H and O–H groups in total. The van der Waals surface area contributed by atoms with E-state index in [-0.39, 0.29) is 47.2 Å². The van der Waals surface area contributed by atoms with Gasteiger partial charge in [-0.3, -0.25) is 19.3 Å². The van der Waals surface area contributed by atoms with E-state index in [0.29, 0.717) is 19.5 Å². The van der Waals surface area contributed by atoms with Crippen molar-refractivity contribution in [2.45, 2.75) is 12.8 Å². The zero-order valence-electron chi connectivity index (χ0n) is 12.6. The number of nitrogens with one attached hydrogen (secondary N) is 1. The lowest BCUT2D eigenvalue weighted by Gasteiger charge is -2.17. The predicted octanol–water partition coefficient (Wildman–Crippen LogP) is 1.21. The van der Waals surface area contributed by atoms with Gasteiger partial charge in [-0.15, -0.1) is 0 Å². The normalized spacial score (nSPS) is 31.0. The molecule has 0 unspecified atom stereocenters. The second-order valence-electron chi connectivity index (χ2n) is 6.41. The smallest absolute Gasteiger partial charge is 0.286 e. The van der Waals surface area contributed by atoms with E-state index in [1.165, 1.54) is 11.2 Å². The van der Waals surface area contributed by atoms with E-state index in [0.717, 1.165) is 6.42 Å². The van der Waals surface area contributed by atoms with Gasteiger partial charge < -0.3 is 9.73 Å².